The molecule has 154 valence electrons. The standard InChI is InChI=1S/C23H24N4O3/c1-15(16-8-10-18(11-9-16)26-22(29)17-6-7-17)25-21(28)12-13-27-14-24-20-5-3-2-4-19(20)23(27)30/h2-5,8-11,14-15,17H,6-7,12-13H2,1H3,(H,25,28)(H,26,29). The molecule has 1 atom stereocenters. The highest BCUT2D eigenvalue weighted by atomic mass is 16.2. The van der Waals surface area contributed by atoms with Gasteiger partial charge in [0.25, 0.3) is 5.56 Å². The molecule has 1 fully saturated rings. The summed E-state index contributed by atoms with van der Waals surface area (Å²) in [6.45, 7) is 2.17. The Morgan fingerprint density at radius 3 is 2.60 bits per heavy atom. The summed E-state index contributed by atoms with van der Waals surface area (Å²) < 4.78 is 1.46. The van der Waals surface area contributed by atoms with E-state index < -0.39 is 0 Å². The van der Waals surface area contributed by atoms with Crippen molar-refractivity contribution in [2.75, 3.05) is 5.32 Å². The third-order valence-corrected chi connectivity index (χ3v) is 5.32. The summed E-state index contributed by atoms with van der Waals surface area (Å²) in [5, 5.41) is 6.40. The summed E-state index contributed by atoms with van der Waals surface area (Å²) in [5.74, 6) is 0.0874. The van der Waals surface area contributed by atoms with Gasteiger partial charge in [-0.3, -0.25) is 19.0 Å². The largest absolute Gasteiger partial charge is 0.350 e. The van der Waals surface area contributed by atoms with Gasteiger partial charge in [0.15, 0.2) is 0 Å². The predicted molar refractivity (Wildman–Crippen MR) is 115 cm³/mol. The molecule has 1 aromatic heterocycles. The number of nitrogens with zero attached hydrogens (tertiary/aromatic N) is 2. The maximum Gasteiger partial charge on any atom is 0.261 e. The van der Waals surface area contributed by atoms with Gasteiger partial charge in [-0.25, -0.2) is 4.98 Å². The quantitative estimate of drug-likeness (QED) is 0.633. The van der Waals surface area contributed by atoms with E-state index in [2.05, 4.69) is 15.6 Å². The van der Waals surface area contributed by atoms with Gasteiger partial charge in [0.2, 0.25) is 11.8 Å². The third kappa shape index (κ3) is 4.56. The molecule has 0 saturated heterocycles. The molecule has 2 N–H and O–H groups in total. The molecule has 0 radical (unpaired) electrons. The van der Waals surface area contributed by atoms with Crippen LogP contribution >= 0.6 is 0 Å². The number of amides is 2. The highest BCUT2D eigenvalue weighted by molar-refractivity contribution is 5.94. The van der Waals surface area contributed by atoms with Gasteiger partial charge in [0.05, 0.1) is 23.3 Å². The molecule has 0 bridgehead atoms. The normalized spacial score (nSPS) is 14.3. The topological polar surface area (TPSA) is 93.1 Å². The Balaban J connectivity index is 1.32. The first-order chi connectivity index (χ1) is 14.5. The van der Waals surface area contributed by atoms with Crippen LogP contribution in [0.1, 0.15) is 37.8 Å². The molecule has 1 aliphatic carbocycles. The molecule has 7 heteroatoms. The fraction of sp³-hybridized carbons (Fsp3) is 0.304. The molecular weight excluding hydrogens is 380 g/mol. The zero-order valence-electron chi connectivity index (χ0n) is 16.8. The van der Waals surface area contributed by atoms with Crippen LogP contribution in [0.2, 0.25) is 0 Å². The van der Waals surface area contributed by atoms with E-state index in [4.69, 9.17) is 0 Å². The average molecular weight is 404 g/mol. The zero-order valence-corrected chi connectivity index (χ0v) is 16.8. The molecule has 1 saturated carbocycles. The first kappa shape index (κ1) is 19.8. The highest BCUT2D eigenvalue weighted by Gasteiger charge is 2.29. The Hall–Kier alpha value is -3.48. The van der Waals surface area contributed by atoms with Crippen molar-refractivity contribution in [1.29, 1.82) is 0 Å². The molecule has 1 heterocycles. The maximum absolute atomic E-state index is 12.5. The second-order valence-electron chi connectivity index (χ2n) is 7.69. The number of anilines is 1. The predicted octanol–water partition coefficient (Wildman–Crippen LogP) is 3.01. The van der Waals surface area contributed by atoms with E-state index in [-0.39, 0.29) is 42.3 Å². The number of nitrogens with one attached hydrogen (secondary N) is 2. The second-order valence-corrected chi connectivity index (χ2v) is 7.69. The number of aromatic nitrogens is 2. The third-order valence-electron chi connectivity index (χ3n) is 5.32. The van der Waals surface area contributed by atoms with Crippen molar-refractivity contribution in [3.8, 4) is 0 Å². The van der Waals surface area contributed by atoms with Gasteiger partial charge in [0, 0.05) is 24.6 Å². The number of carbonyl (C=O) groups is 2. The van der Waals surface area contributed by atoms with Crippen LogP contribution in [0.15, 0.2) is 59.7 Å². The van der Waals surface area contributed by atoms with Crippen molar-refractivity contribution in [1.82, 2.24) is 14.9 Å². The molecule has 30 heavy (non-hydrogen) atoms. The van der Waals surface area contributed by atoms with Crippen LogP contribution in [0, 0.1) is 5.92 Å². The van der Waals surface area contributed by atoms with E-state index >= 15 is 0 Å². The SMILES string of the molecule is CC(NC(=O)CCn1cnc2ccccc2c1=O)c1ccc(NC(=O)C2CC2)cc1. The van der Waals surface area contributed by atoms with Crippen molar-refractivity contribution >= 4 is 28.4 Å². The second kappa shape index (κ2) is 8.49. The summed E-state index contributed by atoms with van der Waals surface area (Å²) >= 11 is 0. The Labute approximate surface area is 174 Å². The summed E-state index contributed by atoms with van der Waals surface area (Å²) in [6.07, 6.45) is 3.60. The summed E-state index contributed by atoms with van der Waals surface area (Å²) in [4.78, 5) is 41.0. The van der Waals surface area contributed by atoms with E-state index in [9.17, 15) is 14.4 Å². The first-order valence-corrected chi connectivity index (χ1v) is 10.2. The molecule has 7 nitrogen and oxygen atoms in total. The Morgan fingerprint density at radius 1 is 1.13 bits per heavy atom. The number of para-hydroxylation sites is 1. The fourth-order valence-electron chi connectivity index (χ4n) is 3.33. The van der Waals surface area contributed by atoms with Gasteiger partial charge < -0.3 is 10.6 Å². The van der Waals surface area contributed by atoms with E-state index in [1.54, 1.807) is 18.2 Å². The van der Waals surface area contributed by atoms with E-state index in [0.29, 0.717) is 10.9 Å². The van der Waals surface area contributed by atoms with Crippen molar-refractivity contribution in [3.05, 3.63) is 70.8 Å². The van der Waals surface area contributed by atoms with Crippen molar-refractivity contribution < 1.29 is 9.59 Å². The Bertz CT molecular complexity index is 1130. The highest BCUT2D eigenvalue weighted by Crippen LogP contribution is 2.30. The molecule has 3 aromatic rings. The zero-order chi connectivity index (χ0) is 21.1. The Kier molecular flexibility index (Phi) is 5.61. The monoisotopic (exact) mass is 404 g/mol. The van der Waals surface area contributed by atoms with Crippen LogP contribution < -0.4 is 16.2 Å². The molecular formula is C23H24N4O3. The van der Waals surface area contributed by atoms with Gasteiger partial charge in [-0.05, 0) is 49.6 Å². The van der Waals surface area contributed by atoms with E-state index in [1.807, 2.05) is 37.3 Å². The van der Waals surface area contributed by atoms with Gasteiger partial charge in [-0.1, -0.05) is 24.3 Å². The molecule has 0 aliphatic heterocycles. The van der Waals surface area contributed by atoms with E-state index in [1.165, 1.54) is 10.9 Å². The number of hydrogen-bond donors (Lipinski definition) is 2. The van der Waals surface area contributed by atoms with E-state index in [0.717, 1.165) is 24.1 Å². The van der Waals surface area contributed by atoms with Crippen LogP contribution in [0.4, 0.5) is 5.69 Å². The molecule has 1 aliphatic rings. The lowest BCUT2D eigenvalue weighted by Crippen LogP contribution is -2.29. The van der Waals surface area contributed by atoms with Crippen LogP contribution in [-0.2, 0) is 16.1 Å². The number of fused-ring (bicyclic) bond motifs is 1. The van der Waals surface area contributed by atoms with Gasteiger partial charge in [-0.15, -0.1) is 0 Å². The minimum Gasteiger partial charge on any atom is -0.350 e. The number of benzene rings is 2. The lowest BCUT2D eigenvalue weighted by molar-refractivity contribution is -0.122. The molecule has 1 unspecified atom stereocenters. The molecule has 2 aromatic carbocycles. The Morgan fingerprint density at radius 2 is 1.87 bits per heavy atom. The van der Waals surface area contributed by atoms with Crippen LogP contribution in [0.5, 0.6) is 0 Å². The van der Waals surface area contributed by atoms with Crippen LogP contribution in [0.25, 0.3) is 10.9 Å². The first-order valence-electron chi connectivity index (χ1n) is 10.2. The van der Waals surface area contributed by atoms with Crippen molar-refractivity contribution in [2.24, 2.45) is 5.92 Å². The molecule has 0 spiro atoms. The van der Waals surface area contributed by atoms with Gasteiger partial charge in [-0.2, -0.15) is 0 Å². The van der Waals surface area contributed by atoms with Crippen LogP contribution in [-0.4, -0.2) is 21.4 Å². The lowest BCUT2D eigenvalue weighted by atomic mass is 10.1. The van der Waals surface area contributed by atoms with Crippen molar-refractivity contribution in [3.63, 3.8) is 0 Å². The van der Waals surface area contributed by atoms with Crippen LogP contribution in [0.3, 0.4) is 0 Å². The molecule has 4 rings (SSSR count). The maximum atomic E-state index is 12.5. The number of aryl methyl sites for hydroxylation is 1. The number of carbonyl (C=O) groups excluding carboxylic acids is 2. The smallest absolute Gasteiger partial charge is 0.261 e. The van der Waals surface area contributed by atoms with Crippen molar-refractivity contribution in [2.45, 2.75) is 38.8 Å². The van der Waals surface area contributed by atoms with Gasteiger partial charge in [0.1, 0.15) is 0 Å². The summed E-state index contributed by atoms with van der Waals surface area (Å²) in [5.41, 5.74) is 2.20. The lowest BCUT2D eigenvalue weighted by Gasteiger charge is -2.15. The average Bonchev–Trinajstić information content (AvgIpc) is 3.59. The summed E-state index contributed by atoms with van der Waals surface area (Å²) in [6, 6.07) is 14.5. The fourth-order valence-corrected chi connectivity index (χ4v) is 3.33. The summed E-state index contributed by atoms with van der Waals surface area (Å²) in [7, 11) is 0. The minimum absolute atomic E-state index is 0.0718. The molecule has 2 amide bonds. The number of hydrogen-bond acceptors (Lipinski definition) is 4. The van der Waals surface area contributed by atoms with Gasteiger partial charge >= 0.3 is 0 Å². The number of rotatable bonds is 7. The minimum atomic E-state index is -0.183.